The van der Waals surface area contributed by atoms with Gasteiger partial charge in [-0.3, -0.25) is 0 Å². The van der Waals surface area contributed by atoms with Crippen LogP contribution in [0.1, 0.15) is 10.4 Å². The molecule has 1 aromatic carbocycles. The maximum atomic E-state index is 5.79. The first-order valence-corrected chi connectivity index (χ1v) is 7.11. The molecule has 1 heterocycles. The summed E-state index contributed by atoms with van der Waals surface area (Å²) in [5.74, 6) is 0.554. The van der Waals surface area contributed by atoms with Gasteiger partial charge in [-0.1, -0.05) is 12.1 Å². The van der Waals surface area contributed by atoms with Crippen LogP contribution in [0.3, 0.4) is 0 Å². The fraction of sp³-hybridized carbons (Fsp3) is 0.167. The Morgan fingerprint density at radius 1 is 1.31 bits per heavy atom. The fourth-order valence-electron chi connectivity index (χ4n) is 1.40. The first-order valence-electron chi connectivity index (χ1n) is 4.90. The van der Waals surface area contributed by atoms with E-state index >= 15 is 0 Å². The van der Waals surface area contributed by atoms with Crippen LogP contribution in [0.4, 0.5) is 5.69 Å². The lowest BCUT2D eigenvalue weighted by Crippen LogP contribution is -1.98. The van der Waals surface area contributed by atoms with Crippen LogP contribution in [0.2, 0.25) is 0 Å². The van der Waals surface area contributed by atoms with E-state index in [0.29, 0.717) is 5.88 Å². The van der Waals surface area contributed by atoms with Gasteiger partial charge < -0.3 is 5.32 Å². The number of thiophene rings is 1. The fourth-order valence-corrected chi connectivity index (χ4v) is 3.00. The molecule has 0 atom stereocenters. The molecular weight excluding hydrogens is 306 g/mol. The van der Waals surface area contributed by atoms with E-state index in [4.69, 9.17) is 11.6 Å². The van der Waals surface area contributed by atoms with Crippen LogP contribution in [0, 0.1) is 0 Å². The van der Waals surface area contributed by atoms with Crippen LogP contribution in [-0.2, 0) is 12.4 Å². The summed E-state index contributed by atoms with van der Waals surface area (Å²) in [5, 5.41) is 5.46. The van der Waals surface area contributed by atoms with Gasteiger partial charge in [-0.05, 0) is 45.1 Å². The standard InChI is InChI=1S/C12H11BrClNS/c13-11-4-5-16-12(11)8-15-10-3-1-2-9(6-10)7-14/h1-6,15H,7-8H2. The minimum atomic E-state index is 0.554. The molecule has 0 spiro atoms. The van der Waals surface area contributed by atoms with Gasteiger partial charge in [0.05, 0.1) is 6.54 Å². The molecule has 0 unspecified atom stereocenters. The van der Waals surface area contributed by atoms with Crippen molar-refractivity contribution in [2.75, 3.05) is 5.32 Å². The van der Waals surface area contributed by atoms with Crippen LogP contribution in [-0.4, -0.2) is 0 Å². The first-order chi connectivity index (χ1) is 7.79. The molecule has 0 aliphatic rings. The molecule has 0 amide bonds. The normalized spacial score (nSPS) is 10.4. The molecule has 2 rings (SSSR count). The third-order valence-corrected chi connectivity index (χ3v) is 4.46. The summed E-state index contributed by atoms with van der Waals surface area (Å²) in [7, 11) is 0. The lowest BCUT2D eigenvalue weighted by Gasteiger charge is -2.06. The summed E-state index contributed by atoms with van der Waals surface area (Å²) >= 11 is 11.1. The number of hydrogen-bond acceptors (Lipinski definition) is 2. The highest BCUT2D eigenvalue weighted by atomic mass is 79.9. The number of alkyl halides is 1. The topological polar surface area (TPSA) is 12.0 Å². The van der Waals surface area contributed by atoms with Gasteiger partial charge >= 0.3 is 0 Å². The average Bonchev–Trinajstić information content (AvgIpc) is 2.72. The van der Waals surface area contributed by atoms with Gasteiger partial charge in [0, 0.05) is 20.9 Å². The maximum Gasteiger partial charge on any atom is 0.0505 e. The highest BCUT2D eigenvalue weighted by Gasteiger charge is 2.01. The molecule has 84 valence electrons. The summed E-state index contributed by atoms with van der Waals surface area (Å²) in [5.41, 5.74) is 2.25. The number of benzene rings is 1. The zero-order valence-corrected chi connectivity index (χ0v) is 11.7. The number of hydrogen-bond donors (Lipinski definition) is 1. The van der Waals surface area contributed by atoms with Crippen molar-refractivity contribution < 1.29 is 0 Å². The Kier molecular flexibility index (Phi) is 4.27. The zero-order chi connectivity index (χ0) is 11.4. The number of anilines is 1. The maximum absolute atomic E-state index is 5.79. The Labute approximate surface area is 113 Å². The van der Waals surface area contributed by atoms with Gasteiger partial charge in [0.25, 0.3) is 0 Å². The van der Waals surface area contributed by atoms with Crippen LogP contribution in [0.15, 0.2) is 40.2 Å². The van der Waals surface area contributed by atoms with E-state index in [2.05, 4.69) is 44.8 Å². The van der Waals surface area contributed by atoms with Crippen molar-refractivity contribution in [2.45, 2.75) is 12.4 Å². The van der Waals surface area contributed by atoms with Gasteiger partial charge in [-0.25, -0.2) is 0 Å². The predicted octanol–water partition coefficient (Wildman–Crippen LogP) is 4.86. The zero-order valence-electron chi connectivity index (χ0n) is 8.54. The molecule has 0 radical (unpaired) electrons. The summed E-state index contributed by atoms with van der Waals surface area (Å²) < 4.78 is 1.17. The Hall–Kier alpha value is -0.510. The van der Waals surface area contributed by atoms with Crippen LogP contribution >= 0.6 is 38.9 Å². The second kappa shape index (κ2) is 5.71. The van der Waals surface area contributed by atoms with Crippen molar-refractivity contribution in [3.63, 3.8) is 0 Å². The number of rotatable bonds is 4. The van der Waals surface area contributed by atoms with E-state index in [9.17, 15) is 0 Å². The van der Waals surface area contributed by atoms with Crippen molar-refractivity contribution in [1.29, 1.82) is 0 Å². The Bertz CT molecular complexity index is 470. The van der Waals surface area contributed by atoms with Crippen molar-refractivity contribution in [3.05, 3.63) is 50.6 Å². The molecule has 0 saturated heterocycles. The van der Waals surface area contributed by atoms with Gasteiger partial charge in [-0.15, -0.1) is 22.9 Å². The summed E-state index contributed by atoms with van der Waals surface area (Å²) in [6.45, 7) is 0.837. The molecule has 0 aliphatic carbocycles. The minimum absolute atomic E-state index is 0.554. The molecule has 1 nitrogen and oxygen atoms in total. The molecule has 16 heavy (non-hydrogen) atoms. The monoisotopic (exact) mass is 315 g/mol. The summed E-state index contributed by atoms with van der Waals surface area (Å²) in [6.07, 6.45) is 0. The molecule has 0 saturated carbocycles. The van der Waals surface area contributed by atoms with Gasteiger partial charge in [-0.2, -0.15) is 0 Å². The van der Waals surface area contributed by atoms with Crippen molar-refractivity contribution >= 4 is 44.6 Å². The van der Waals surface area contributed by atoms with Gasteiger partial charge in [0.1, 0.15) is 0 Å². The first kappa shape index (κ1) is 12.0. The van der Waals surface area contributed by atoms with Crippen molar-refractivity contribution in [3.8, 4) is 0 Å². The Morgan fingerprint density at radius 2 is 2.19 bits per heavy atom. The molecule has 4 heteroatoms. The lowest BCUT2D eigenvalue weighted by molar-refractivity contribution is 1.18. The van der Waals surface area contributed by atoms with E-state index in [-0.39, 0.29) is 0 Å². The van der Waals surface area contributed by atoms with E-state index in [0.717, 1.165) is 17.8 Å². The van der Waals surface area contributed by atoms with Crippen molar-refractivity contribution in [1.82, 2.24) is 0 Å². The molecule has 0 fully saturated rings. The smallest absolute Gasteiger partial charge is 0.0505 e. The minimum Gasteiger partial charge on any atom is -0.380 e. The Morgan fingerprint density at radius 3 is 2.88 bits per heavy atom. The quantitative estimate of drug-likeness (QED) is 0.794. The molecule has 1 N–H and O–H groups in total. The van der Waals surface area contributed by atoms with E-state index < -0.39 is 0 Å². The Balaban J connectivity index is 2.02. The van der Waals surface area contributed by atoms with Gasteiger partial charge in [0.2, 0.25) is 0 Å². The molecule has 0 bridgehead atoms. The number of nitrogens with one attached hydrogen (secondary N) is 1. The van der Waals surface area contributed by atoms with E-state index in [1.54, 1.807) is 11.3 Å². The van der Waals surface area contributed by atoms with Crippen LogP contribution in [0.25, 0.3) is 0 Å². The van der Waals surface area contributed by atoms with Crippen LogP contribution in [0.5, 0.6) is 0 Å². The summed E-state index contributed by atoms with van der Waals surface area (Å²) in [4.78, 5) is 1.30. The van der Waals surface area contributed by atoms with E-state index in [1.165, 1.54) is 9.35 Å². The molecular formula is C12H11BrClNS. The molecule has 2 aromatic rings. The second-order valence-corrected chi connectivity index (χ2v) is 5.50. The lowest BCUT2D eigenvalue weighted by atomic mass is 10.2. The van der Waals surface area contributed by atoms with Crippen molar-refractivity contribution in [2.24, 2.45) is 0 Å². The highest BCUT2D eigenvalue weighted by Crippen LogP contribution is 2.23. The number of halogens is 2. The van der Waals surface area contributed by atoms with Crippen LogP contribution < -0.4 is 5.32 Å². The third-order valence-electron chi connectivity index (χ3n) is 2.23. The molecule has 1 aromatic heterocycles. The molecule has 0 aliphatic heterocycles. The second-order valence-electron chi connectivity index (χ2n) is 3.38. The SMILES string of the molecule is ClCc1cccc(NCc2sccc2Br)c1. The predicted molar refractivity (Wildman–Crippen MR) is 75.3 cm³/mol. The summed E-state index contributed by atoms with van der Waals surface area (Å²) in [6, 6.07) is 10.2. The van der Waals surface area contributed by atoms with E-state index in [1.807, 2.05) is 12.1 Å². The largest absolute Gasteiger partial charge is 0.380 e. The van der Waals surface area contributed by atoms with Gasteiger partial charge in [0.15, 0.2) is 0 Å². The average molecular weight is 317 g/mol. The highest BCUT2D eigenvalue weighted by molar-refractivity contribution is 9.10. The third kappa shape index (κ3) is 3.00.